The molecule has 1 aliphatic heterocycles. The van der Waals surface area contributed by atoms with E-state index >= 15 is 0 Å². The summed E-state index contributed by atoms with van der Waals surface area (Å²) in [4.78, 5) is 2.52. The van der Waals surface area contributed by atoms with Gasteiger partial charge in [-0.1, -0.05) is 48.0 Å². The molecule has 6 nitrogen and oxygen atoms in total. The van der Waals surface area contributed by atoms with Crippen LogP contribution in [0.5, 0.6) is 5.75 Å². The molecule has 1 fully saturated rings. The number of aliphatic hydroxyl groups is 1. The molecule has 0 amide bonds. The van der Waals surface area contributed by atoms with E-state index in [1.807, 2.05) is 42.5 Å². The average molecular weight is 552 g/mol. The molecular formula is C27H32Cl2N2O4S. The number of piperidine rings is 1. The van der Waals surface area contributed by atoms with Crippen molar-refractivity contribution >= 4 is 39.7 Å². The number of rotatable bonds is 10. The van der Waals surface area contributed by atoms with Crippen molar-refractivity contribution < 1.29 is 18.3 Å². The highest BCUT2D eigenvalue weighted by molar-refractivity contribution is 7.92. The zero-order valence-corrected chi connectivity index (χ0v) is 22.4. The third kappa shape index (κ3) is 7.37. The minimum Gasteiger partial charge on any atom is -0.493 e. The number of aliphatic hydroxyl groups excluding tert-OH is 1. The first kappa shape index (κ1) is 28.3. The van der Waals surface area contributed by atoms with Crippen molar-refractivity contribution in [2.45, 2.75) is 36.8 Å². The minimum absolute atomic E-state index is 0. The van der Waals surface area contributed by atoms with Crippen LogP contribution in [0.4, 0.5) is 5.69 Å². The predicted molar refractivity (Wildman–Crippen MR) is 147 cm³/mol. The molecule has 1 N–H and O–H groups in total. The van der Waals surface area contributed by atoms with E-state index in [4.69, 9.17) is 16.3 Å². The summed E-state index contributed by atoms with van der Waals surface area (Å²) in [5.41, 5.74) is 1.36. The largest absolute Gasteiger partial charge is 0.493 e. The molecular weight excluding hydrogens is 519 g/mol. The van der Waals surface area contributed by atoms with Crippen molar-refractivity contribution in [3.8, 4) is 5.75 Å². The van der Waals surface area contributed by atoms with Gasteiger partial charge in [0.25, 0.3) is 10.0 Å². The van der Waals surface area contributed by atoms with Gasteiger partial charge in [0, 0.05) is 30.2 Å². The first-order valence-corrected chi connectivity index (χ1v) is 13.7. The number of ether oxygens (including phenoxy) is 1. The van der Waals surface area contributed by atoms with Crippen LogP contribution in [0.3, 0.4) is 0 Å². The van der Waals surface area contributed by atoms with E-state index in [1.54, 1.807) is 24.3 Å². The lowest BCUT2D eigenvalue weighted by atomic mass is 10.1. The van der Waals surface area contributed by atoms with Gasteiger partial charge in [-0.05, 0) is 61.7 Å². The fourth-order valence-electron chi connectivity index (χ4n) is 4.19. The number of anilines is 1. The van der Waals surface area contributed by atoms with Gasteiger partial charge < -0.3 is 14.7 Å². The van der Waals surface area contributed by atoms with E-state index in [2.05, 4.69) is 4.90 Å². The molecule has 0 bridgehead atoms. The highest BCUT2D eigenvalue weighted by atomic mass is 35.5. The Morgan fingerprint density at radius 1 is 0.944 bits per heavy atom. The molecule has 0 atom stereocenters. The number of hydrogen-bond donors (Lipinski definition) is 1. The van der Waals surface area contributed by atoms with Crippen molar-refractivity contribution in [3.05, 3.63) is 89.4 Å². The maximum Gasteiger partial charge on any atom is 0.264 e. The number of sulfonamides is 1. The molecule has 1 saturated heterocycles. The molecule has 0 spiro atoms. The zero-order valence-electron chi connectivity index (χ0n) is 20.0. The first-order valence-electron chi connectivity index (χ1n) is 11.9. The topological polar surface area (TPSA) is 70.1 Å². The maximum atomic E-state index is 13.6. The van der Waals surface area contributed by atoms with Gasteiger partial charge in [-0.25, -0.2) is 8.42 Å². The molecule has 9 heteroatoms. The summed E-state index contributed by atoms with van der Waals surface area (Å²) in [7, 11) is -3.84. The Morgan fingerprint density at radius 3 is 2.28 bits per heavy atom. The molecule has 0 saturated carbocycles. The maximum absolute atomic E-state index is 13.6. The predicted octanol–water partition coefficient (Wildman–Crippen LogP) is 5.38. The van der Waals surface area contributed by atoms with E-state index in [-0.39, 0.29) is 30.0 Å². The van der Waals surface area contributed by atoms with Crippen molar-refractivity contribution in [2.24, 2.45) is 0 Å². The summed E-state index contributed by atoms with van der Waals surface area (Å²) in [6.07, 6.45) is 2.32. The van der Waals surface area contributed by atoms with Crippen LogP contribution >= 0.6 is 24.0 Å². The lowest BCUT2D eigenvalue weighted by Crippen LogP contribution is -2.36. The number of nitrogens with zero attached hydrogens (tertiary/aromatic N) is 2. The second-order valence-corrected chi connectivity index (χ2v) is 11.0. The molecule has 0 radical (unpaired) electrons. The van der Waals surface area contributed by atoms with E-state index in [1.165, 1.54) is 16.4 Å². The van der Waals surface area contributed by atoms with Crippen molar-refractivity contribution in [3.63, 3.8) is 0 Å². The smallest absolute Gasteiger partial charge is 0.264 e. The van der Waals surface area contributed by atoms with Crippen molar-refractivity contribution in [2.75, 3.05) is 30.5 Å². The van der Waals surface area contributed by atoms with Gasteiger partial charge in [0.1, 0.15) is 5.75 Å². The third-order valence-corrected chi connectivity index (χ3v) is 8.21. The molecule has 36 heavy (non-hydrogen) atoms. The van der Waals surface area contributed by atoms with Crippen LogP contribution in [0.25, 0.3) is 0 Å². The van der Waals surface area contributed by atoms with Gasteiger partial charge in [0.2, 0.25) is 0 Å². The lowest BCUT2D eigenvalue weighted by Gasteiger charge is -2.29. The first-order chi connectivity index (χ1) is 16.9. The Balaban J connectivity index is 0.00000361. The van der Waals surface area contributed by atoms with Gasteiger partial charge in [0.15, 0.2) is 0 Å². The fourth-order valence-corrected chi connectivity index (χ4v) is 5.76. The second kappa shape index (κ2) is 13.3. The summed E-state index contributed by atoms with van der Waals surface area (Å²) in [6, 6.07) is 22.8. The zero-order chi connectivity index (χ0) is 24.7. The van der Waals surface area contributed by atoms with Crippen LogP contribution in [0.2, 0.25) is 5.02 Å². The van der Waals surface area contributed by atoms with Crippen LogP contribution in [0.1, 0.15) is 24.8 Å². The number of likely N-dealkylation sites (tertiary alicyclic amines) is 1. The molecule has 3 aromatic carbocycles. The molecule has 194 valence electrons. The lowest BCUT2D eigenvalue weighted by molar-refractivity contribution is 0.0800. The molecule has 0 aliphatic carbocycles. The number of hydrogen-bond acceptors (Lipinski definition) is 5. The summed E-state index contributed by atoms with van der Waals surface area (Å²) >= 11 is 5.99. The minimum atomic E-state index is -3.84. The highest BCUT2D eigenvalue weighted by Gasteiger charge is 2.26. The summed E-state index contributed by atoms with van der Waals surface area (Å²) < 4.78 is 34.8. The van der Waals surface area contributed by atoms with Crippen LogP contribution in [-0.4, -0.2) is 50.8 Å². The van der Waals surface area contributed by atoms with Crippen molar-refractivity contribution in [1.82, 2.24) is 4.90 Å². The van der Waals surface area contributed by atoms with E-state index in [9.17, 15) is 13.5 Å². The van der Waals surface area contributed by atoms with Crippen LogP contribution < -0.4 is 9.04 Å². The molecule has 0 aromatic heterocycles. The van der Waals surface area contributed by atoms with Crippen LogP contribution in [0, 0.1) is 0 Å². The summed E-state index contributed by atoms with van der Waals surface area (Å²) in [6.45, 7) is 3.40. The Morgan fingerprint density at radius 2 is 1.58 bits per heavy atom. The van der Waals surface area contributed by atoms with Crippen LogP contribution in [-0.2, 0) is 16.6 Å². The average Bonchev–Trinajstić information content (AvgIpc) is 2.87. The van der Waals surface area contributed by atoms with E-state index in [0.717, 1.165) is 44.5 Å². The molecule has 1 aliphatic rings. The summed E-state index contributed by atoms with van der Waals surface area (Å²) in [5, 5.41) is 10.2. The number of halogens is 2. The standard InChI is InChI=1S/C27H31ClN2O4S.ClH/c28-23-11-13-26(14-12-23)35(32,33)30(24-8-2-1-3-9-24)21-22-7-4-5-10-27(22)34-20-6-17-29-18-15-25(31)16-19-29;/h1-5,7-14,25,31H,6,15-21H2;1H. The Hall–Kier alpha value is -2.29. The monoisotopic (exact) mass is 550 g/mol. The summed E-state index contributed by atoms with van der Waals surface area (Å²) in [5.74, 6) is 0.675. The van der Waals surface area contributed by atoms with Gasteiger partial charge in [-0.2, -0.15) is 0 Å². The van der Waals surface area contributed by atoms with Gasteiger partial charge in [-0.3, -0.25) is 4.31 Å². The van der Waals surface area contributed by atoms with Crippen LogP contribution in [0.15, 0.2) is 83.8 Å². The molecule has 4 rings (SSSR count). The quantitative estimate of drug-likeness (QED) is 0.343. The van der Waals surface area contributed by atoms with Gasteiger partial charge in [-0.15, -0.1) is 12.4 Å². The van der Waals surface area contributed by atoms with Crippen molar-refractivity contribution in [1.29, 1.82) is 0 Å². The Labute approximate surface area is 224 Å². The highest BCUT2D eigenvalue weighted by Crippen LogP contribution is 2.29. The molecule has 3 aromatic rings. The second-order valence-electron chi connectivity index (χ2n) is 8.68. The molecule has 1 heterocycles. The fraction of sp³-hybridized carbons (Fsp3) is 0.333. The Kier molecular flexibility index (Phi) is 10.5. The van der Waals surface area contributed by atoms with E-state index < -0.39 is 10.0 Å². The number of para-hydroxylation sites is 2. The molecule has 0 unspecified atom stereocenters. The van der Waals surface area contributed by atoms with Gasteiger partial charge in [0.05, 0.1) is 29.8 Å². The normalized spacial score (nSPS) is 14.7. The Bertz CT molecular complexity index is 1190. The number of benzene rings is 3. The third-order valence-electron chi connectivity index (χ3n) is 6.17. The van der Waals surface area contributed by atoms with E-state index in [0.29, 0.717) is 23.1 Å². The SMILES string of the molecule is Cl.O=S(=O)(c1ccc(Cl)cc1)N(Cc1ccccc1OCCCN1CCC(O)CC1)c1ccccc1. The van der Waals surface area contributed by atoms with Gasteiger partial charge >= 0.3 is 0 Å².